The molecule has 4 aliphatic rings. The smallest absolute Gasteiger partial charge is 0.407 e. The number of fused-ring (bicyclic) bond motifs is 4. The molecule has 3 saturated carbocycles. The summed E-state index contributed by atoms with van der Waals surface area (Å²) in [5.74, 6) is 1.30. The molecule has 8 rings (SSSR count). The molecule has 0 radical (unpaired) electrons. The minimum absolute atomic E-state index is 0.0942. The highest BCUT2D eigenvalue weighted by Crippen LogP contribution is 2.46. The van der Waals surface area contributed by atoms with Gasteiger partial charge >= 0.3 is 12.1 Å². The Kier molecular flexibility index (Phi) is 7.46. The van der Waals surface area contributed by atoms with Gasteiger partial charge in [-0.1, -0.05) is 18.2 Å². The predicted octanol–water partition coefficient (Wildman–Crippen LogP) is 6.32. The van der Waals surface area contributed by atoms with Crippen LogP contribution >= 0.6 is 0 Å². The van der Waals surface area contributed by atoms with E-state index < -0.39 is 17.7 Å². The van der Waals surface area contributed by atoms with Crippen molar-refractivity contribution in [1.82, 2.24) is 24.3 Å². The topological polar surface area (TPSA) is 128 Å². The molecule has 258 valence electrons. The summed E-state index contributed by atoms with van der Waals surface area (Å²) in [6.07, 6.45) is 5.05. The number of carboxylic acid groups (broad SMARTS) is 1. The second kappa shape index (κ2) is 11.5. The number of nitrogens with one attached hydrogen (secondary N) is 1. The minimum Gasteiger partial charge on any atom is -0.494 e. The van der Waals surface area contributed by atoms with Crippen LogP contribution in [0.1, 0.15) is 81.1 Å². The van der Waals surface area contributed by atoms with Gasteiger partial charge in [0.2, 0.25) is 0 Å². The van der Waals surface area contributed by atoms with E-state index in [1.54, 1.807) is 7.11 Å². The normalized spacial score (nSPS) is 24.8. The van der Waals surface area contributed by atoms with Gasteiger partial charge in [-0.3, -0.25) is 9.59 Å². The summed E-state index contributed by atoms with van der Waals surface area (Å²) in [5, 5.41) is 13.7. The van der Waals surface area contributed by atoms with Gasteiger partial charge in [-0.15, -0.1) is 0 Å². The van der Waals surface area contributed by atoms with E-state index in [4.69, 9.17) is 14.5 Å². The molecule has 3 heterocycles. The first-order chi connectivity index (χ1) is 23.4. The summed E-state index contributed by atoms with van der Waals surface area (Å²) in [6, 6.07) is 12.0. The van der Waals surface area contributed by atoms with Crippen molar-refractivity contribution in [2.75, 3.05) is 13.7 Å². The minimum atomic E-state index is -0.710. The zero-order chi connectivity index (χ0) is 34.4. The second-order valence-corrected chi connectivity index (χ2v) is 15.6. The van der Waals surface area contributed by atoms with E-state index in [0.717, 1.165) is 41.8 Å². The molecular formula is C38H45N5O6. The molecular weight excluding hydrogens is 622 g/mol. The molecule has 3 atom stereocenters. The Morgan fingerprint density at radius 1 is 1.04 bits per heavy atom. The van der Waals surface area contributed by atoms with Gasteiger partial charge < -0.3 is 33.9 Å². The largest absolute Gasteiger partial charge is 0.494 e. The Bertz CT molecular complexity index is 1990. The van der Waals surface area contributed by atoms with Crippen molar-refractivity contribution in [2.24, 2.45) is 24.8 Å². The number of hydrogen-bond donors (Lipinski definition) is 2. The standard InChI is InChI=1S/C38H45N5O6/c1-38(2,3)49-37(47)40-31-22-11-12-28(31)43(19-22)35(44)24-15-27-33(30(17-24)48-5)41(4)34(39-27)29-16-21-7-6-8-26(23-13-25(14-23)36(45)46)32(21)42(29)18-20-9-10-20/h6-8,15-17,20,22-23,25,28,31H,9-14,18-19H2,1-5H3,(H,40,47)(H,45,46)/t22-,23?,25?,28-,31-/m1/s1. The summed E-state index contributed by atoms with van der Waals surface area (Å²) in [6.45, 7) is 6.99. The number of para-hydroxylation sites is 1. The number of aliphatic carboxylic acids is 1. The molecule has 2 aromatic carbocycles. The molecule has 1 saturated heterocycles. The third kappa shape index (κ3) is 5.51. The summed E-state index contributed by atoms with van der Waals surface area (Å²) >= 11 is 0. The zero-order valence-corrected chi connectivity index (χ0v) is 28.9. The Hall–Kier alpha value is -4.54. The van der Waals surface area contributed by atoms with Gasteiger partial charge in [0, 0.05) is 31.1 Å². The number of methoxy groups -OCH3 is 1. The predicted molar refractivity (Wildman–Crippen MR) is 185 cm³/mol. The molecule has 3 aliphatic carbocycles. The fraction of sp³-hybridized carbons (Fsp3) is 0.526. The maximum atomic E-state index is 14.1. The van der Waals surface area contributed by atoms with Gasteiger partial charge in [-0.2, -0.15) is 0 Å². The molecule has 0 unspecified atom stereocenters. The van der Waals surface area contributed by atoms with E-state index in [2.05, 4.69) is 38.7 Å². The molecule has 4 aromatic rings. The first-order valence-corrected chi connectivity index (χ1v) is 17.6. The number of hydrogen-bond acceptors (Lipinski definition) is 6. The number of likely N-dealkylation sites (tertiary alicyclic amines) is 1. The van der Waals surface area contributed by atoms with E-state index >= 15 is 0 Å². The Balaban J connectivity index is 1.14. The number of piperidine rings is 1. The van der Waals surface area contributed by atoms with Crippen LogP contribution in [0.3, 0.4) is 0 Å². The number of carboxylic acids is 1. The van der Waals surface area contributed by atoms with Crippen molar-refractivity contribution in [3.63, 3.8) is 0 Å². The van der Waals surface area contributed by atoms with Crippen molar-refractivity contribution in [2.45, 2.75) is 89.4 Å². The number of amides is 2. The van der Waals surface area contributed by atoms with E-state index in [-0.39, 0.29) is 35.7 Å². The second-order valence-electron chi connectivity index (χ2n) is 15.6. The number of carbonyl (C=O) groups is 3. The van der Waals surface area contributed by atoms with Gasteiger partial charge in [0.25, 0.3) is 5.91 Å². The lowest BCUT2D eigenvalue weighted by molar-refractivity contribution is -0.145. The van der Waals surface area contributed by atoms with Gasteiger partial charge in [0.15, 0.2) is 5.82 Å². The molecule has 2 N–H and O–H groups in total. The summed E-state index contributed by atoms with van der Waals surface area (Å²) < 4.78 is 15.9. The highest BCUT2D eigenvalue weighted by Gasteiger charge is 2.50. The van der Waals surface area contributed by atoms with E-state index in [1.807, 2.05) is 44.9 Å². The summed E-state index contributed by atoms with van der Waals surface area (Å²) in [7, 11) is 3.61. The van der Waals surface area contributed by atoms with E-state index in [1.165, 1.54) is 23.9 Å². The number of aromatic nitrogens is 3. The molecule has 2 aromatic heterocycles. The summed E-state index contributed by atoms with van der Waals surface area (Å²) in [5.41, 5.74) is 4.80. The third-order valence-electron chi connectivity index (χ3n) is 11.2. The molecule has 11 heteroatoms. The molecule has 4 fully saturated rings. The van der Waals surface area contributed by atoms with Crippen LogP contribution in [0.25, 0.3) is 33.5 Å². The van der Waals surface area contributed by atoms with Crippen LogP contribution in [0.5, 0.6) is 5.75 Å². The van der Waals surface area contributed by atoms with Crippen LogP contribution in [0.4, 0.5) is 4.79 Å². The average molecular weight is 668 g/mol. The fourth-order valence-electron chi connectivity index (χ4n) is 8.57. The van der Waals surface area contributed by atoms with Crippen LogP contribution in [-0.4, -0.2) is 73.4 Å². The average Bonchev–Trinajstić information content (AvgIpc) is 3.35. The number of rotatable bonds is 8. The van der Waals surface area contributed by atoms with Crippen LogP contribution in [0, 0.1) is 17.8 Å². The van der Waals surface area contributed by atoms with Crippen LogP contribution in [0.2, 0.25) is 0 Å². The monoisotopic (exact) mass is 667 g/mol. The number of nitrogens with zero attached hydrogens (tertiary/aromatic N) is 4. The molecule has 1 aliphatic heterocycles. The van der Waals surface area contributed by atoms with Crippen molar-refractivity contribution < 1.29 is 29.0 Å². The van der Waals surface area contributed by atoms with Crippen LogP contribution in [0.15, 0.2) is 36.4 Å². The molecule has 2 bridgehead atoms. The highest BCUT2D eigenvalue weighted by molar-refractivity contribution is 6.01. The van der Waals surface area contributed by atoms with Crippen LogP contribution in [-0.2, 0) is 23.1 Å². The SMILES string of the molecule is COc1cc(C(=O)N2C[C@H]3CC[C@@H]2[C@@H]3NC(=O)OC(C)(C)C)cc2nc(-c3cc4cccc(C5CC(C(=O)O)C5)c4n3CC3CC3)n(C)c12. The first-order valence-electron chi connectivity index (χ1n) is 17.6. The number of ether oxygens (including phenoxy) is 2. The number of imidazole rings is 1. The van der Waals surface area contributed by atoms with Crippen molar-refractivity contribution in [1.29, 1.82) is 0 Å². The zero-order valence-electron chi connectivity index (χ0n) is 28.9. The van der Waals surface area contributed by atoms with Gasteiger partial charge in [0.1, 0.15) is 16.9 Å². The molecule has 0 spiro atoms. The quantitative estimate of drug-likeness (QED) is 0.225. The van der Waals surface area contributed by atoms with Crippen LogP contribution < -0.4 is 10.1 Å². The van der Waals surface area contributed by atoms with Crippen molar-refractivity contribution in [3.8, 4) is 17.3 Å². The number of alkyl carbamates (subject to hydrolysis) is 1. The van der Waals surface area contributed by atoms with Gasteiger partial charge in [-0.05, 0) is 101 Å². The van der Waals surface area contributed by atoms with Crippen molar-refractivity contribution in [3.05, 3.63) is 47.5 Å². The highest BCUT2D eigenvalue weighted by atomic mass is 16.6. The fourth-order valence-corrected chi connectivity index (χ4v) is 8.57. The van der Waals surface area contributed by atoms with E-state index in [0.29, 0.717) is 42.1 Å². The number of aryl methyl sites for hydroxylation is 1. The number of benzene rings is 2. The lowest BCUT2D eigenvalue weighted by Gasteiger charge is -2.33. The third-order valence-corrected chi connectivity index (χ3v) is 11.2. The Morgan fingerprint density at radius 3 is 2.51 bits per heavy atom. The summed E-state index contributed by atoms with van der Waals surface area (Å²) in [4.78, 5) is 45.4. The van der Waals surface area contributed by atoms with Crippen molar-refractivity contribution >= 4 is 39.9 Å². The maximum Gasteiger partial charge on any atom is 0.407 e. The van der Waals surface area contributed by atoms with Gasteiger partial charge in [-0.25, -0.2) is 9.78 Å². The molecule has 2 amide bonds. The number of carbonyl (C=O) groups excluding carboxylic acids is 2. The molecule has 11 nitrogen and oxygen atoms in total. The molecule has 49 heavy (non-hydrogen) atoms. The lowest BCUT2D eigenvalue weighted by Crippen LogP contribution is -2.46. The Labute approximate surface area is 285 Å². The maximum absolute atomic E-state index is 14.1. The Morgan fingerprint density at radius 2 is 1.82 bits per heavy atom. The van der Waals surface area contributed by atoms with Gasteiger partial charge in [0.05, 0.1) is 41.8 Å². The first kappa shape index (κ1) is 31.7. The van der Waals surface area contributed by atoms with E-state index in [9.17, 15) is 19.5 Å². The lowest BCUT2D eigenvalue weighted by atomic mass is 9.71.